The highest BCUT2D eigenvalue weighted by Crippen LogP contribution is 2.38. The Morgan fingerprint density at radius 3 is 2.74 bits per heavy atom. The molecule has 0 spiro atoms. The first-order valence-electron chi connectivity index (χ1n) is 8.84. The number of piperidine rings is 1. The van der Waals surface area contributed by atoms with Gasteiger partial charge in [-0.3, -0.25) is 4.79 Å². The maximum absolute atomic E-state index is 12.9. The molecule has 0 saturated carbocycles. The fraction of sp³-hybridized carbons (Fsp3) is 0.286. The maximum Gasteiger partial charge on any atom is 0.254 e. The van der Waals surface area contributed by atoms with Crippen molar-refractivity contribution in [3.8, 4) is 0 Å². The second-order valence-corrected chi connectivity index (χ2v) is 8.83. The topological polar surface area (TPSA) is 40.5 Å². The zero-order valence-electron chi connectivity index (χ0n) is 14.8. The predicted octanol–water partition coefficient (Wildman–Crippen LogP) is 5.64. The van der Waals surface area contributed by atoms with Crippen molar-refractivity contribution in [2.24, 2.45) is 0 Å². The van der Waals surface area contributed by atoms with Gasteiger partial charge in [-0.25, -0.2) is 0 Å². The molecule has 3 nitrogen and oxygen atoms in total. The van der Waals surface area contributed by atoms with Crippen LogP contribution in [0.1, 0.15) is 24.8 Å². The summed E-state index contributed by atoms with van der Waals surface area (Å²) in [6.07, 6.45) is 2.82. The number of hydrogen-bond acceptors (Lipinski definition) is 3. The van der Waals surface area contributed by atoms with Crippen LogP contribution in [0.3, 0.4) is 0 Å². The number of benzene rings is 2. The summed E-state index contributed by atoms with van der Waals surface area (Å²) in [5.41, 5.74) is 1.12. The lowest BCUT2D eigenvalue weighted by Gasteiger charge is -2.35. The fourth-order valence-corrected chi connectivity index (χ4v) is 4.84. The molecule has 142 valence electrons. The average molecular weight is 467 g/mol. The van der Waals surface area contributed by atoms with Crippen molar-refractivity contribution in [2.75, 3.05) is 13.2 Å². The van der Waals surface area contributed by atoms with E-state index in [9.17, 15) is 9.90 Å². The van der Waals surface area contributed by atoms with Crippen LogP contribution in [0.4, 0.5) is 0 Å². The maximum atomic E-state index is 12.9. The van der Waals surface area contributed by atoms with Crippen LogP contribution >= 0.6 is 39.3 Å². The van der Waals surface area contributed by atoms with Gasteiger partial charge in [0.1, 0.15) is 0 Å². The number of hydrogen-bond donors (Lipinski definition) is 1. The Kier molecular flexibility index (Phi) is 7.04. The molecule has 1 aliphatic heterocycles. The van der Waals surface area contributed by atoms with Gasteiger partial charge in [0.15, 0.2) is 0 Å². The molecule has 1 heterocycles. The van der Waals surface area contributed by atoms with Crippen LogP contribution in [-0.4, -0.2) is 35.1 Å². The number of halogens is 2. The minimum Gasteiger partial charge on any atom is -0.394 e. The van der Waals surface area contributed by atoms with E-state index >= 15 is 0 Å². The molecule has 1 fully saturated rings. The van der Waals surface area contributed by atoms with E-state index in [1.165, 1.54) is 0 Å². The third-order valence-corrected chi connectivity index (χ3v) is 7.22. The summed E-state index contributed by atoms with van der Waals surface area (Å²) in [6.45, 7) is 4.64. The van der Waals surface area contributed by atoms with Gasteiger partial charge in [0, 0.05) is 26.4 Å². The lowest BCUT2D eigenvalue weighted by Crippen LogP contribution is -2.45. The van der Waals surface area contributed by atoms with Gasteiger partial charge >= 0.3 is 0 Å². The van der Waals surface area contributed by atoms with Gasteiger partial charge in [-0.2, -0.15) is 0 Å². The van der Waals surface area contributed by atoms with Crippen LogP contribution in [0.25, 0.3) is 5.57 Å². The molecule has 1 N–H and O–H groups in total. The fourth-order valence-electron chi connectivity index (χ4n) is 3.17. The predicted molar refractivity (Wildman–Crippen MR) is 115 cm³/mol. The Hall–Kier alpha value is -1.27. The van der Waals surface area contributed by atoms with E-state index < -0.39 is 0 Å². The minimum atomic E-state index is -0.129. The zero-order chi connectivity index (χ0) is 19.4. The van der Waals surface area contributed by atoms with Crippen LogP contribution < -0.4 is 0 Å². The Balaban J connectivity index is 1.77. The van der Waals surface area contributed by atoms with Crippen LogP contribution in [0.5, 0.6) is 0 Å². The lowest BCUT2D eigenvalue weighted by atomic mass is 9.99. The van der Waals surface area contributed by atoms with Crippen LogP contribution in [0.2, 0.25) is 5.02 Å². The van der Waals surface area contributed by atoms with E-state index in [-0.39, 0.29) is 18.6 Å². The molecule has 0 radical (unpaired) electrons. The number of carbonyl (C=O) groups is 1. The first-order valence-corrected chi connectivity index (χ1v) is 10.8. The molecule has 1 atom stereocenters. The van der Waals surface area contributed by atoms with Crippen molar-refractivity contribution in [3.63, 3.8) is 0 Å². The van der Waals surface area contributed by atoms with Gasteiger partial charge in [-0.15, -0.1) is 0 Å². The number of rotatable bonds is 5. The zero-order valence-corrected chi connectivity index (χ0v) is 18.0. The summed E-state index contributed by atoms with van der Waals surface area (Å²) in [5.74, 6) is -0.129. The number of amides is 1. The van der Waals surface area contributed by atoms with Crippen molar-refractivity contribution < 1.29 is 9.90 Å². The molecule has 1 saturated heterocycles. The Morgan fingerprint density at radius 2 is 2.04 bits per heavy atom. The summed E-state index contributed by atoms with van der Waals surface area (Å²) in [5, 5.41) is 10.1. The van der Waals surface area contributed by atoms with E-state index in [1.54, 1.807) is 22.7 Å². The first kappa shape index (κ1) is 20.5. The van der Waals surface area contributed by atoms with Gasteiger partial charge in [0.05, 0.1) is 17.7 Å². The highest BCUT2D eigenvalue weighted by atomic mass is 79.9. The molecule has 1 aliphatic rings. The van der Waals surface area contributed by atoms with Crippen molar-refractivity contribution in [2.45, 2.75) is 35.1 Å². The summed E-state index contributed by atoms with van der Waals surface area (Å²) in [6, 6.07) is 13.4. The Bertz CT molecular complexity index is 858. The van der Waals surface area contributed by atoms with Gasteiger partial charge in [-0.05, 0) is 65.0 Å². The Labute approximate surface area is 177 Å². The molecule has 0 aromatic heterocycles. The molecule has 6 heteroatoms. The van der Waals surface area contributed by atoms with Crippen molar-refractivity contribution in [1.29, 1.82) is 0 Å². The highest BCUT2D eigenvalue weighted by Gasteiger charge is 2.28. The summed E-state index contributed by atoms with van der Waals surface area (Å²) in [4.78, 5) is 16.6. The minimum absolute atomic E-state index is 0.0126. The number of nitrogens with zero attached hydrogens (tertiary/aromatic N) is 1. The standard InChI is InChI=1S/C21H21BrClNO2S/c1-14(21(26)24-11-5-4-6-16(24)13-25)15-9-10-20(18(23)12-15)27-19-8-3-2-7-17(19)22/h2-3,7-10,12,16,25H,1,4-6,11,13H2. The molecule has 0 aliphatic carbocycles. The molecule has 2 aromatic rings. The van der Waals surface area contributed by atoms with Gasteiger partial charge < -0.3 is 10.0 Å². The third kappa shape index (κ3) is 4.77. The quantitative estimate of drug-likeness (QED) is 0.580. The molecule has 0 bridgehead atoms. The lowest BCUT2D eigenvalue weighted by molar-refractivity contribution is -0.129. The molecular weight excluding hydrogens is 446 g/mol. The van der Waals surface area contributed by atoms with E-state index in [0.29, 0.717) is 22.7 Å². The van der Waals surface area contributed by atoms with Gasteiger partial charge in [0.2, 0.25) is 0 Å². The molecular formula is C21H21BrClNO2S. The molecule has 1 amide bonds. The van der Waals surface area contributed by atoms with Gasteiger partial charge in [0.25, 0.3) is 5.91 Å². The summed E-state index contributed by atoms with van der Waals surface area (Å²) < 4.78 is 1.01. The van der Waals surface area contributed by atoms with Crippen molar-refractivity contribution in [1.82, 2.24) is 4.90 Å². The summed E-state index contributed by atoms with van der Waals surface area (Å²) >= 11 is 11.6. The normalized spacial score (nSPS) is 17.0. The summed E-state index contributed by atoms with van der Waals surface area (Å²) in [7, 11) is 0. The number of aliphatic hydroxyl groups excluding tert-OH is 1. The SMILES string of the molecule is C=C(C(=O)N1CCCCC1CO)c1ccc(Sc2ccccc2Br)c(Cl)c1. The first-order chi connectivity index (χ1) is 13.0. The second kappa shape index (κ2) is 9.28. The van der Waals surface area contributed by atoms with E-state index in [4.69, 9.17) is 11.6 Å². The smallest absolute Gasteiger partial charge is 0.254 e. The largest absolute Gasteiger partial charge is 0.394 e. The highest BCUT2D eigenvalue weighted by molar-refractivity contribution is 9.10. The van der Waals surface area contributed by atoms with Gasteiger partial charge in [-0.1, -0.05) is 48.1 Å². The van der Waals surface area contributed by atoms with Crippen LogP contribution in [0.15, 0.2) is 63.3 Å². The number of likely N-dealkylation sites (tertiary alicyclic amines) is 1. The second-order valence-electron chi connectivity index (χ2n) is 6.49. The number of aliphatic hydroxyl groups is 1. The molecule has 3 rings (SSSR count). The average Bonchev–Trinajstić information content (AvgIpc) is 2.70. The Morgan fingerprint density at radius 1 is 1.26 bits per heavy atom. The van der Waals surface area contributed by atoms with Crippen LogP contribution in [0, 0.1) is 0 Å². The van der Waals surface area contributed by atoms with E-state index in [1.807, 2.05) is 36.4 Å². The van der Waals surface area contributed by atoms with E-state index in [0.717, 1.165) is 33.5 Å². The molecule has 1 unspecified atom stereocenters. The molecule has 27 heavy (non-hydrogen) atoms. The monoisotopic (exact) mass is 465 g/mol. The van der Waals surface area contributed by atoms with E-state index in [2.05, 4.69) is 22.5 Å². The van der Waals surface area contributed by atoms with Crippen molar-refractivity contribution in [3.05, 3.63) is 64.1 Å². The molecule has 2 aromatic carbocycles. The number of carbonyl (C=O) groups excluding carboxylic acids is 1. The van der Waals surface area contributed by atoms with Crippen molar-refractivity contribution >= 4 is 50.8 Å². The third-order valence-electron chi connectivity index (χ3n) is 4.69. The van der Waals surface area contributed by atoms with Crippen LogP contribution in [-0.2, 0) is 4.79 Å².